The van der Waals surface area contributed by atoms with E-state index in [2.05, 4.69) is 15.0 Å². The third-order valence-corrected chi connectivity index (χ3v) is 5.97. The minimum absolute atomic E-state index is 0.0731. The van der Waals surface area contributed by atoms with Gasteiger partial charge in [-0.3, -0.25) is 14.5 Å². The molecule has 6 nitrogen and oxygen atoms in total. The highest BCUT2D eigenvalue weighted by Gasteiger charge is 2.17. The monoisotopic (exact) mass is 431 g/mol. The number of halogens is 1. The van der Waals surface area contributed by atoms with Gasteiger partial charge < -0.3 is 5.32 Å². The molecule has 1 aliphatic rings. The number of anilines is 1. The van der Waals surface area contributed by atoms with Crippen LogP contribution in [0.4, 0.5) is 5.69 Å². The van der Waals surface area contributed by atoms with Crippen LogP contribution in [0.5, 0.6) is 0 Å². The summed E-state index contributed by atoms with van der Waals surface area (Å²) in [6.07, 6.45) is 6.57. The topological polar surface area (TPSA) is 87.6 Å². The molecule has 1 aliphatic heterocycles. The molecule has 0 bridgehead atoms. The van der Waals surface area contributed by atoms with E-state index >= 15 is 0 Å². The maximum absolute atomic E-state index is 12.7. The third kappa shape index (κ3) is 6.44. The zero-order valence-electron chi connectivity index (χ0n) is 15.8. The Morgan fingerprint density at radius 3 is 2.66 bits per heavy atom. The summed E-state index contributed by atoms with van der Waals surface area (Å²) in [5, 5.41) is 3.29. The van der Waals surface area contributed by atoms with Gasteiger partial charge in [-0.05, 0) is 54.8 Å². The van der Waals surface area contributed by atoms with Crippen molar-refractivity contribution >= 4 is 45.1 Å². The lowest BCUT2D eigenvalue weighted by molar-refractivity contribution is -0.111. The number of amides is 1. The normalized spacial score (nSPS) is 14.9. The lowest BCUT2D eigenvalue weighted by Crippen LogP contribution is -2.30. The van der Waals surface area contributed by atoms with Crippen LogP contribution in [0.1, 0.15) is 31.2 Å². The van der Waals surface area contributed by atoms with Crippen molar-refractivity contribution in [1.29, 1.82) is 0 Å². The highest BCUT2D eigenvalue weighted by molar-refractivity contribution is 7.90. The van der Waals surface area contributed by atoms with Crippen LogP contribution in [0, 0.1) is 0 Å². The van der Waals surface area contributed by atoms with Gasteiger partial charge in [0.25, 0.3) is 10.0 Å². The molecule has 0 spiro atoms. The largest absolute Gasteiger partial charge is 0.322 e. The molecule has 29 heavy (non-hydrogen) atoms. The fraction of sp³-hybridized carbons (Fsp3) is 0.238. The van der Waals surface area contributed by atoms with Crippen molar-refractivity contribution in [3.05, 3.63) is 65.2 Å². The van der Waals surface area contributed by atoms with Gasteiger partial charge in [-0.1, -0.05) is 36.2 Å². The van der Waals surface area contributed by atoms with Crippen molar-refractivity contribution in [1.82, 2.24) is 4.72 Å². The highest BCUT2D eigenvalue weighted by Crippen LogP contribution is 2.17. The molecule has 1 amide bonds. The van der Waals surface area contributed by atoms with E-state index < -0.39 is 10.0 Å². The fourth-order valence-electron chi connectivity index (χ4n) is 2.84. The summed E-state index contributed by atoms with van der Waals surface area (Å²) in [6, 6.07) is 13.2. The highest BCUT2D eigenvalue weighted by atomic mass is 35.5. The molecule has 1 heterocycles. The van der Waals surface area contributed by atoms with Gasteiger partial charge >= 0.3 is 0 Å². The molecule has 0 fully saturated rings. The molecule has 0 aliphatic carbocycles. The molecule has 0 aromatic heterocycles. The van der Waals surface area contributed by atoms with Crippen LogP contribution in [-0.4, -0.2) is 26.7 Å². The van der Waals surface area contributed by atoms with Crippen LogP contribution < -0.4 is 10.0 Å². The van der Waals surface area contributed by atoms with E-state index in [0.29, 0.717) is 29.5 Å². The number of nitrogens with zero attached hydrogens (tertiary/aromatic N) is 1. The molecule has 2 aromatic rings. The molecule has 0 unspecified atom stereocenters. The Labute approximate surface area is 175 Å². The number of benzene rings is 2. The minimum atomic E-state index is -3.76. The summed E-state index contributed by atoms with van der Waals surface area (Å²) in [5.74, 6) is 0.124. The van der Waals surface area contributed by atoms with E-state index in [1.54, 1.807) is 42.5 Å². The first-order valence-electron chi connectivity index (χ1n) is 9.33. The Bertz CT molecular complexity index is 1030. The predicted molar refractivity (Wildman–Crippen MR) is 117 cm³/mol. The van der Waals surface area contributed by atoms with E-state index in [4.69, 9.17) is 11.6 Å². The van der Waals surface area contributed by atoms with Gasteiger partial charge in [0.05, 0.1) is 4.90 Å². The Hall–Kier alpha value is -2.64. The standard InChI is InChI=1S/C21H22ClN3O3S/c22-17-11-8-16(9-12-17)10-13-21(26)24-18-5-4-6-19(15-18)29(27,28)25-20-7-2-1-3-14-23-20/h4-6,8-13,15H,1-3,7,14H2,(H,23,25)(H,24,26)/b13-10+. The van der Waals surface area contributed by atoms with E-state index in [1.807, 2.05) is 0 Å². The van der Waals surface area contributed by atoms with Crippen LogP contribution in [0.15, 0.2) is 64.5 Å². The van der Waals surface area contributed by atoms with Gasteiger partial charge in [0, 0.05) is 29.8 Å². The van der Waals surface area contributed by atoms with Crippen LogP contribution in [-0.2, 0) is 14.8 Å². The third-order valence-electron chi connectivity index (χ3n) is 4.34. The first kappa shape index (κ1) is 21.1. The van der Waals surface area contributed by atoms with Crippen molar-refractivity contribution in [2.24, 2.45) is 4.99 Å². The lowest BCUT2D eigenvalue weighted by atomic mass is 10.2. The molecule has 2 aromatic carbocycles. The first-order chi connectivity index (χ1) is 13.9. The van der Waals surface area contributed by atoms with Crippen molar-refractivity contribution < 1.29 is 13.2 Å². The maximum atomic E-state index is 12.7. The number of sulfonamides is 1. The Morgan fingerprint density at radius 2 is 1.86 bits per heavy atom. The number of hydrogen-bond donors (Lipinski definition) is 2. The van der Waals surface area contributed by atoms with Gasteiger partial charge in [0.1, 0.15) is 5.84 Å². The van der Waals surface area contributed by atoms with Gasteiger partial charge in [0.2, 0.25) is 5.91 Å². The molecule has 0 atom stereocenters. The molecular formula is C21H22ClN3O3S. The number of rotatable bonds is 5. The Morgan fingerprint density at radius 1 is 1.07 bits per heavy atom. The number of amidine groups is 1. The molecule has 3 rings (SSSR count). The van der Waals surface area contributed by atoms with Gasteiger partial charge in [-0.2, -0.15) is 0 Å². The number of hydrogen-bond acceptors (Lipinski definition) is 4. The molecule has 0 radical (unpaired) electrons. The van der Waals surface area contributed by atoms with Crippen LogP contribution in [0.3, 0.4) is 0 Å². The second-order valence-electron chi connectivity index (χ2n) is 6.65. The summed E-state index contributed by atoms with van der Waals surface area (Å²) in [4.78, 5) is 16.5. The van der Waals surface area contributed by atoms with E-state index in [9.17, 15) is 13.2 Å². The summed E-state index contributed by atoms with van der Waals surface area (Å²) in [7, 11) is -3.76. The van der Waals surface area contributed by atoms with E-state index in [-0.39, 0.29) is 10.8 Å². The predicted octanol–water partition coefficient (Wildman–Crippen LogP) is 4.24. The molecule has 0 saturated heterocycles. The summed E-state index contributed by atoms with van der Waals surface area (Å²) < 4.78 is 27.9. The van der Waals surface area contributed by atoms with Crippen molar-refractivity contribution in [2.75, 3.05) is 11.9 Å². The zero-order chi connectivity index (χ0) is 20.7. The SMILES string of the molecule is O=C(/C=C/c1ccc(Cl)cc1)Nc1cccc(S(=O)(=O)NC2=NCCCCC2)c1. The summed E-state index contributed by atoms with van der Waals surface area (Å²) in [5.41, 5.74) is 1.22. The average Bonchev–Trinajstić information content (AvgIpc) is 2.96. The van der Waals surface area contributed by atoms with Gasteiger partial charge in [0.15, 0.2) is 0 Å². The second-order valence-corrected chi connectivity index (χ2v) is 8.77. The van der Waals surface area contributed by atoms with E-state index in [0.717, 1.165) is 24.8 Å². The fourth-order valence-corrected chi connectivity index (χ4v) is 4.10. The summed E-state index contributed by atoms with van der Waals surface area (Å²) >= 11 is 5.84. The molecule has 0 saturated carbocycles. The van der Waals surface area contributed by atoms with Crippen molar-refractivity contribution in [3.8, 4) is 0 Å². The molecule has 2 N–H and O–H groups in total. The van der Waals surface area contributed by atoms with Gasteiger partial charge in [-0.15, -0.1) is 0 Å². The lowest BCUT2D eigenvalue weighted by Gasteiger charge is -2.11. The molecule has 8 heteroatoms. The second kappa shape index (κ2) is 9.71. The summed E-state index contributed by atoms with van der Waals surface area (Å²) in [6.45, 7) is 0.633. The van der Waals surface area contributed by atoms with Crippen LogP contribution in [0.2, 0.25) is 5.02 Å². The van der Waals surface area contributed by atoms with Crippen molar-refractivity contribution in [2.45, 2.75) is 30.6 Å². The smallest absolute Gasteiger partial charge is 0.262 e. The quantitative estimate of drug-likeness (QED) is 0.694. The van der Waals surface area contributed by atoms with Gasteiger partial charge in [-0.25, -0.2) is 8.42 Å². The first-order valence-corrected chi connectivity index (χ1v) is 11.2. The van der Waals surface area contributed by atoms with Crippen molar-refractivity contribution in [3.63, 3.8) is 0 Å². The number of aliphatic imine (C=N–C) groups is 1. The maximum Gasteiger partial charge on any atom is 0.262 e. The number of nitrogens with one attached hydrogen (secondary N) is 2. The minimum Gasteiger partial charge on any atom is -0.322 e. The van der Waals surface area contributed by atoms with Crippen LogP contribution in [0.25, 0.3) is 6.08 Å². The number of carbonyl (C=O) groups excluding carboxylic acids is 1. The Balaban J connectivity index is 1.67. The molecule has 152 valence electrons. The van der Waals surface area contributed by atoms with Crippen LogP contribution >= 0.6 is 11.6 Å². The average molecular weight is 432 g/mol. The van der Waals surface area contributed by atoms with E-state index in [1.165, 1.54) is 18.2 Å². The zero-order valence-corrected chi connectivity index (χ0v) is 17.3. The Kier molecular flexibility index (Phi) is 7.06. The number of carbonyl (C=O) groups is 1. The molecular weight excluding hydrogens is 410 g/mol.